The Labute approximate surface area is 156 Å². The molecule has 130 valence electrons. The first kappa shape index (κ1) is 16.5. The average molecular weight is 361 g/mol. The summed E-state index contributed by atoms with van der Waals surface area (Å²) >= 11 is 1.42. The van der Waals surface area contributed by atoms with Gasteiger partial charge in [-0.15, -0.1) is 0 Å². The van der Waals surface area contributed by atoms with Gasteiger partial charge in [-0.2, -0.15) is 0 Å². The highest BCUT2D eigenvalue weighted by molar-refractivity contribution is 7.19. The molecule has 0 radical (unpaired) electrons. The summed E-state index contributed by atoms with van der Waals surface area (Å²) in [4.78, 5) is 19.0. The lowest BCUT2D eigenvalue weighted by Crippen LogP contribution is -2.26. The molecule has 4 aromatic rings. The van der Waals surface area contributed by atoms with Crippen molar-refractivity contribution in [2.24, 2.45) is 0 Å². The second-order valence-electron chi connectivity index (χ2n) is 6.27. The molecule has 2 aromatic heterocycles. The van der Waals surface area contributed by atoms with E-state index in [2.05, 4.69) is 10.3 Å². The first-order valence-corrected chi connectivity index (χ1v) is 9.35. The monoisotopic (exact) mass is 361 g/mol. The molecule has 0 aliphatic carbocycles. The highest BCUT2D eigenvalue weighted by Gasteiger charge is 2.19. The molecule has 2 aromatic carbocycles. The molecule has 1 atom stereocenters. The van der Waals surface area contributed by atoms with Crippen molar-refractivity contribution in [3.8, 4) is 11.3 Å². The number of benzene rings is 2. The van der Waals surface area contributed by atoms with Crippen molar-refractivity contribution in [2.45, 2.75) is 19.9 Å². The summed E-state index contributed by atoms with van der Waals surface area (Å²) < 4.78 is 2.00. The number of thiazole rings is 1. The van der Waals surface area contributed by atoms with Crippen LogP contribution in [-0.4, -0.2) is 15.3 Å². The lowest BCUT2D eigenvalue weighted by Gasteiger charge is -2.13. The Morgan fingerprint density at radius 2 is 1.73 bits per heavy atom. The largest absolute Gasteiger partial charge is 0.345 e. The molecule has 0 aliphatic heterocycles. The molecule has 0 fully saturated rings. The number of fused-ring (bicyclic) bond motifs is 1. The van der Waals surface area contributed by atoms with Gasteiger partial charge in [0, 0.05) is 17.5 Å². The lowest BCUT2D eigenvalue weighted by atomic mass is 10.1. The smallest absolute Gasteiger partial charge is 0.263 e. The molecular weight excluding hydrogens is 342 g/mol. The molecule has 4 rings (SSSR count). The van der Waals surface area contributed by atoms with Crippen LogP contribution in [0, 0.1) is 6.92 Å². The van der Waals surface area contributed by atoms with E-state index in [1.165, 1.54) is 11.3 Å². The predicted octanol–water partition coefficient (Wildman–Crippen LogP) is 4.86. The van der Waals surface area contributed by atoms with Crippen LogP contribution >= 0.6 is 11.3 Å². The van der Waals surface area contributed by atoms with E-state index in [0.29, 0.717) is 4.88 Å². The van der Waals surface area contributed by atoms with Gasteiger partial charge in [-0.05, 0) is 19.4 Å². The standard InChI is InChI=1S/C21H19N3OS/c1-14(16-9-5-3-6-10-16)22-20(25)19-15(2)24-13-18(23-21(24)26-19)17-11-7-4-8-12-17/h3-14H,1-2H3,(H,22,25)/t14-/m0/s1. The number of aromatic nitrogens is 2. The summed E-state index contributed by atoms with van der Waals surface area (Å²) in [5.41, 5.74) is 4.00. The zero-order chi connectivity index (χ0) is 18.1. The number of aryl methyl sites for hydroxylation is 1. The van der Waals surface area contributed by atoms with Crippen LogP contribution in [0.4, 0.5) is 0 Å². The fourth-order valence-electron chi connectivity index (χ4n) is 3.00. The van der Waals surface area contributed by atoms with E-state index >= 15 is 0 Å². The molecule has 0 saturated carbocycles. The van der Waals surface area contributed by atoms with E-state index in [0.717, 1.165) is 27.5 Å². The highest BCUT2D eigenvalue weighted by Crippen LogP contribution is 2.27. The van der Waals surface area contributed by atoms with Gasteiger partial charge in [0.15, 0.2) is 4.96 Å². The third kappa shape index (κ3) is 3.02. The fourth-order valence-corrected chi connectivity index (χ4v) is 4.01. The second-order valence-corrected chi connectivity index (χ2v) is 7.24. The molecule has 0 unspecified atom stereocenters. The van der Waals surface area contributed by atoms with E-state index in [9.17, 15) is 4.79 Å². The summed E-state index contributed by atoms with van der Waals surface area (Å²) in [7, 11) is 0. The van der Waals surface area contributed by atoms with Crippen molar-refractivity contribution in [1.29, 1.82) is 0 Å². The minimum absolute atomic E-state index is 0.0441. The van der Waals surface area contributed by atoms with E-state index in [1.807, 2.05) is 85.1 Å². The number of imidazole rings is 1. The third-order valence-electron chi connectivity index (χ3n) is 4.48. The van der Waals surface area contributed by atoms with Crippen LogP contribution in [0.3, 0.4) is 0 Å². The number of hydrogen-bond donors (Lipinski definition) is 1. The van der Waals surface area contributed by atoms with Gasteiger partial charge in [0.05, 0.1) is 11.7 Å². The van der Waals surface area contributed by atoms with Crippen molar-refractivity contribution in [3.63, 3.8) is 0 Å². The fraction of sp³-hybridized carbons (Fsp3) is 0.143. The summed E-state index contributed by atoms with van der Waals surface area (Å²) in [5, 5.41) is 3.08. The molecule has 5 heteroatoms. The SMILES string of the molecule is Cc1c(C(=O)N[C@@H](C)c2ccccc2)sc2nc(-c3ccccc3)cn12. The Balaban J connectivity index is 1.60. The van der Waals surface area contributed by atoms with E-state index in [1.54, 1.807) is 0 Å². The molecule has 2 heterocycles. The zero-order valence-electron chi connectivity index (χ0n) is 14.6. The van der Waals surface area contributed by atoms with Crippen LogP contribution in [0.15, 0.2) is 66.9 Å². The first-order valence-electron chi connectivity index (χ1n) is 8.53. The molecule has 0 bridgehead atoms. The molecule has 1 amide bonds. The predicted molar refractivity (Wildman–Crippen MR) is 106 cm³/mol. The summed E-state index contributed by atoms with van der Waals surface area (Å²) in [6.07, 6.45) is 1.99. The summed E-state index contributed by atoms with van der Waals surface area (Å²) in [6, 6.07) is 20.0. The topological polar surface area (TPSA) is 46.4 Å². The van der Waals surface area contributed by atoms with Gasteiger partial charge < -0.3 is 5.32 Å². The minimum Gasteiger partial charge on any atom is -0.345 e. The van der Waals surface area contributed by atoms with Gasteiger partial charge in [0.25, 0.3) is 5.91 Å². The Hall–Kier alpha value is -2.92. The van der Waals surface area contributed by atoms with Crippen molar-refractivity contribution in [3.05, 3.63) is 83.0 Å². The number of carbonyl (C=O) groups excluding carboxylic acids is 1. The van der Waals surface area contributed by atoms with Crippen molar-refractivity contribution >= 4 is 22.2 Å². The van der Waals surface area contributed by atoms with Gasteiger partial charge >= 0.3 is 0 Å². The van der Waals surface area contributed by atoms with E-state index in [4.69, 9.17) is 0 Å². The number of carbonyl (C=O) groups is 1. The van der Waals surface area contributed by atoms with Crippen LogP contribution in [0.1, 0.15) is 33.9 Å². The molecule has 26 heavy (non-hydrogen) atoms. The van der Waals surface area contributed by atoms with Crippen molar-refractivity contribution < 1.29 is 4.79 Å². The molecule has 0 saturated heterocycles. The van der Waals surface area contributed by atoms with Crippen LogP contribution in [0.25, 0.3) is 16.2 Å². The van der Waals surface area contributed by atoms with Gasteiger partial charge in [-0.25, -0.2) is 4.98 Å². The molecular formula is C21H19N3OS. The van der Waals surface area contributed by atoms with Gasteiger partial charge in [-0.1, -0.05) is 72.0 Å². The minimum atomic E-state index is -0.0596. The van der Waals surface area contributed by atoms with Crippen molar-refractivity contribution in [2.75, 3.05) is 0 Å². The normalized spacial score (nSPS) is 12.2. The summed E-state index contributed by atoms with van der Waals surface area (Å²) in [5.74, 6) is -0.0596. The van der Waals surface area contributed by atoms with Gasteiger partial charge in [0.2, 0.25) is 0 Å². The van der Waals surface area contributed by atoms with Gasteiger partial charge in [-0.3, -0.25) is 9.20 Å². The van der Waals surface area contributed by atoms with Crippen molar-refractivity contribution in [1.82, 2.24) is 14.7 Å². The lowest BCUT2D eigenvalue weighted by molar-refractivity contribution is 0.0943. The second kappa shape index (κ2) is 6.77. The molecule has 4 nitrogen and oxygen atoms in total. The third-order valence-corrected chi connectivity index (χ3v) is 5.64. The maximum Gasteiger partial charge on any atom is 0.263 e. The molecule has 0 spiro atoms. The maximum atomic E-state index is 12.7. The van der Waals surface area contributed by atoms with Gasteiger partial charge in [0.1, 0.15) is 4.88 Å². The molecule has 1 N–H and O–H groups in total. The maximum absolute atomic E-state index is 12.7. The Morgan fingerprint density at radius 3 is 2.38 bits per heavy atom. The molecule has 0 aliphatic rings. The zero-order valence-corrected chi connectivity index (χ0v) is 15.5. The first-order chi connectivity index (χ1) is 12.6. The number of nitrogens with one attached hydrogen (secondary N) is 1. The number of hydrogen-bond acceptors (Lipinski definition) is 3. The van der Waals surface area contributed by atoms with Crippen LogP contribution in [0.5, 0.6) is 0 Å². The number of nitrogens with zero attached hydrogens (tertiary/aromatic N) is 2. The van der Waals surface area contributed by atoms with E-state index < -0.39 is 0 Å². The quantitative estimate of drug-likeness (QED) is 0.564. The van der Waals surface area contributed by atoms with Crippen LogP contribution in [-0.2, 0) is 0 Å². The number of amides is 1. The average Bonchev–Trinajstić information content (AvgIpc) is 3.23. The van der Waals surface area contributed by atoms with Crippen LogP contribution in [0.2, 0.25) is 0 Å². The van der Waals surface area contributed by atoms with Crippen LogP contribution < -0.4 is 5.32 Å². The van der Waals surface area contributed by atoms with E-state index in [-0.39, 0.29) is 11.9 Å². The highest BCUT2D eigenvalue weighted by atomic mass is 32.1. The number of rotatable bonds is 4. The Morgan fingerprint density at radius 1 is 1.08 bits per heavy atom. The summed E-state index contributed by atoms with van der Waals surface area (Å²) in [6.45, 7) is 3.96. The Kier molecular flexibility index (Phi) is 4.31. The Bertz CT molecular complexity index is 1050.